The number of thiazole rings is 1. The smallest absolute Gasteiger partial charge is 0.272 e. The number of nitrogens with one attached hydrogen (secondary N) is 1. The van der Waals surface area contributed by atoms with E-state index in [4.69, 9.17) is 11.2 Å². The quantitative estimate of drug-likeness (QED) is 0.561. The minimum Gasteiger partial charge on any atom is -0.470 e. The molecule has 0 saturated carbocycles. The van der Waals surface area contributed by atoms with Crippen molar-refractivity contribution >= 4 is 41.7 Å². The van der Waals surface area contributed by atoms with Crippen molar-refractivity contribution in [1.29, 1.82) is 0 Å². The number of rotatable bonds is 7. The number of aryl methyl sites for hydroxylation is 2. The van der Waals surface area contributed by atoms with Gasteiger partial charge in [0, 0.05) is 16.6 Å². The minimum atomic E-state index is -0.669. The molecule has 0 fully saturated rings. The molecule has 1 aromatic heterocycles. The minimum absolute atomic E-state index is 0.194. The number of amides is 1. The Balaban J connectivity index is 2.20. The third kappa shape index (κ3) is 5.75. The van der Waals surface area contributed by atoms with Crippen LogP contribution in [-0.4, -0.2) is 22.6 Å². The van der Waals surface area contributed by atoms with Gasteiger partial charge in [0.15, 0.2) is 0 Å². The Morgan fingerprint density at radius 1 is 1.50 bits per heavy atom. The van der Waals surface area contributed by atoms with E-state index in [1.54, 1.807) is 0 Å². The number of hydrogen-bond acceptors (Lipinski definition) is 5. The highest BCUT2D eigenvalue weighted by molar-refractivity contribution is 7.99. The normalized spacial score (nSPS) is 13.1. The van der Waals surface area contributed by atoms with Crippen molar-refractivity contribution in [2.45, 2.75) is 32.8 Å². The number of carbonyl (C=O) groups excluding carboxylic acids is 1. The largest absolute Gasteiger partial charge is 0.470 e. The van der Waals surface area contributed by atoms with Gasteiger partial charge in [0.1, 0.15) is 10.8 Å². The fourth-order valence-electron chi connectivity index (χ4n) is 2.45. The zero-order valence-corrected chi connectivity index (χ0v) is 18.2. The molecule has 4 nitrogen and oxygen atoms in total. The number of hydrogen-bond donors (Lipinski definition) is 1. The van der Waals surface area contributed by atoms with Crippen LogP contribution in [0.2, 0.25) is 0 Å². The summed E-state index contributed by atoms with van der Waals surface area (Å²) in [5.41, 5.74) is 2.01. The average molecular weight is 413 g/mol. The van der Waals surface area contributed by atoms with Crippen LogP contribution in [0.3, 0.4) is 0 Å². The number of ether oxygens (including phenoxy) is 1. The summed E-state index contributed by atoms with van der Waals surface area (Å²) in [6.45, 7) is 10.3. The molecule has 1 aromatic carbocycles. The third-order valence-corrected chi connectivity index (χ3v) is 5.73. The summed E-state index contributed by atoms with van der Waals surface area (Å²) in [4.78, 5) is 16.9. The van der Waals surface area contributed by atoms with Crippen molar-refractivity contribution in [2.24, 2.45) is 0 Å². The summed E-state index contributed by atoms with van der Waals surface area (Å²) in [7, 11) is 0. The zero-order valence-electron chi connectivity index (χ0n) is 16.5. The first-order valence-electron chi connectivity index (χ1n) is 8.70. The summed E-state index contributed by atoms with van der Waals surface area (Å²) in [5, 5.41) is 7.46. The highest BCUT2D eigenvalue weighted by Crippen LogP contribution is 2.17. The Hall–Kier alpha value is -2.49. The number of aromatic nitrogens is 1. The Morgan fingerprint density at radius 3 is 2.82 bits per heavy atom. The maximum Gasteiger partial charge on any atom is 0.272 e. The first-order valence-corrected chi connectivity index (χ1v) is 10.9. The first-order chi connectivity index (χ1) is 13.4. The molecule has 1 amide bonds. The molecule has 0 radical (unpaired) electrons. The lowest BCUT2D eigenvalue weighted by atomic mass is 10.1. The second kappa shape index (κ2) is 10.2. The molecule has 1 N–H and O–H groups in total. The molecular weight excluding hydrogens is 388 g/mol. The molecule has 0 aliphatic heterocycles. The Labute approximate surface area is 174 Å². The maximum atomic E-state index is 12.5. The van der Waals surface area contributed by atoms with Gasteiger partial charge in [-0.05, 0) is 61.2 Å². The van der Waals surface area contributed by atoms with Crippen LogP contribution in [-0.2, 0) is 11.3 Å². The summed E-state index contributed by atoms with van der Waals surface area (Å²) in [6.07, 6.45) is 11.1. The molecular formula is C22H24N2O2S2. The van der Waals surface area contributed by atoms with Crippen LogP contribution in [0.4, 0.5) is 0 Å². The van der Waals surface area contributed by atoms with Crippen molar-refractivity contribution in [1.82, 2.24) is 10.3 Å². The van der Waals surface area contributed by atoms with Gasteiger partial charge in [-0.2, -0.15) is 0 Å². The van der Waals surface area contributed by atoms with Gasteiger partial charge < -0.3 is 10.1 Å². The molecule has 1 atom stereocenters. The molecule has 0 saturated heterocycles. The third-order valence-electron chi connectivity index (χ3n) is 4.02. The Morgan fingerprint density at radius 2 is 2.25 bits per heavy atom. The monoisotopic (exact) mass is 412 g/mol. The van der Waals surface area contributed by atoms with E-state index in [0.717, 1.165) is 32.3 Å². The van der Waals surface area contributed by atoms with Gasteiger partial charge in [0.05, 0.1) is 6.54 Å². The highest BCUT2D eigenvalue weighted by Gasteiger charge is 2.19. The van der Waals surface area contributed by atoms with Gasteiger partial charge in [-0.1, -0.05) is 18.6 Å². The summed E-state index contributed by atoms with van der Waals surface area (Å²) in [5.74, 6) is 3.04. The number of benzene rings is 1. The van der Waals surface area contributed by atoms with Crippen LogP contribution in [0.1, 0.15) is 23.2 Å². The predicted octanol–water partition coefficient (Wildman–Crippen LogP) is 2.91. The van der Waals surface area contributed by atoms with Crippen LogP contribution in [0.25, 0.3) is 12.7 Å². The second-order valence-electron chi connectivity index (χ2n) is 6.13. The number of carbonyl (C=O) groups is 1. The standard InChI is InChI=1S/C22H24N2O2S2/c1-7-17(8-2)10-18-11-19(9-14(3)16(18)5)26-22(27-6)21(25)23-12-20-24-15(4)13-28-20/h1,8-11,13,22H,5,12H2,2-4,6H3,(H,23,25). The van der Waals surface area contributed by atoms with E-state index >= 15 is 0 Å². The molecule has 1 unspecified atom stereocenters. The number of terminal acetylenes is 1. The Kier molecular flexibility index (Phi) is 7.91. The van der Waals surface area contributed by atoms with E-state index in [1.165, 1.54) is 23.1 Å². The molecule has 0 bridgehead atoms. The van der Waals surface area contributed by atoms with E-state index in [0.29, 0.717) is 12.3 Å². The van der Waals surface area contributed by atoms with Crippen LogP contribution < -0.4 is 20.5 Å². The molecule has 146 valence electrons. The van der Waals surface area contributed by atoms with Crippen LogP contribution >= 0.6 is 23.1 Å². The van der Waals surface area contributed by atoms with Crippen LogP contribution in [0, 0.1) is 26.2 Å². The lowest BCUT2D eigenvalue weighted by molar-refractivity contribution is -0.124. The molecule has 0 aliphatic rings. The molecule has 2 aromatic rings. The van der Waals surface area contributed by atoms with Crippen molar-refractivity contribution in [2.75, 3.05) is 6.26 Å². The summed E-state index contributed by atoms with van der Waals surface area (Å²) in [6, 6.07) is 3.74. The lowest BCUT2D eigenvalue weighted by Crippen LogP contribution is -2.36. The Bertz CT molecular complexity index is 1030. The van der Waals surface area contributed by atoms with E-state index in [2.05, 4.69) is 22.8 Å². The van der Waals surface area contributed by atoms with Gasteiger partial charge >= 0.3 is 0 Å². The van der Waals surface area contributed by atoms with Gasteiger partial charge in [0.25, 0.3) is 5.91 Å². The van der Waals surface area contributed by atoms with Crippen molar-refractivity contribution < 1.29 is 9.53 Å². The van der Waals surface area contributed by atoms with Gasteiger partial charge in [-0.25, -0.2) is 4.98 Å². The van der Waals surface area contributed by atoms with E-state index in [-0.39, 0.29) is 5.91 Å². The zero-order chi connectivity index (χ0) is 20.7. The van der Waals surface area contributed by atoms with Crippen molar-refractivity contribution in [3.05, 3.63) is 55.9 Å². The highest BCUT2D eigenvalue weighted by atomic mass is 32.2. The maximum absolute atomic E-state index is 12.5. The molecule has 28 heavy (non-hydrogen) atoms. The van der Waals surface area contributed by atoms with E-state index in [1.807, 2.05) is 56.7 Å². The first kappa shape index (κ1) is 21.8. The van der Waals surface area contributed by atoms with E-state index in [9.17, 15) is 4.79 Å². The fourth-order valence-corrected chi connectivity index (χ4v) is 3.66. The van der Waals surface area contributed by atoms with Crippen molar-refractivity contribution in [3.63, 3.8) is 0 Å². The lowest BCUT2D eigenvalue weighted by Gasteiger charge is -2.17. The van der Waals surface area contributed by atoms with Gasteiger partial charge in [-0.3, -0.25) is 4.79 Å². The summed E-state index contributed by atoms with van der Waals surface area (Å²) < 4.78 is 5.96. The number of nitrogens with zero attached hydrogens (tertiary/aromatic N) is 1. The SMILES string of the molecule is C#CC(=CC)C=c1cc(OC(SC)C(=O)NCc2nc(C)cs2)cc(C)c1=C. The molecule has 0 spiro atoms. The molecule has 2 rings (SSSR count). The topological polar surface area (TPSA) is 51.2 Å². The molecule has 6 heteroatoms. The van der Waals surface area contributed by atoms with Gasteiger partial charge in [0.2, 0.25) is 5.44 Å². The van der Waals surface area contributed by atoms with Crippen LogP contribution in [0.5, 0.6) is 5.75 Å². The molecule has 0 aliphatic carbocycles. The van der Waals surface area contributed by atoms with Crippen molar-refractivity contribution in [3.8, 4) is 18.1 Å². The fraction of sp³-hybridized carbons (Fsp3) is 0.273. The molecule has 1 heterocycles. The van der Waals surface area contributed by atoms with Crippen LogP contribution in [0.15, 0.2) is 29.2 Å². The van der Waals surface area contributed by atoms with E-state index < -0.39 is 5.44 Å². The number of allylic oxidation sites excluding steroid dienone is 2. The predicted molar refractivity (Wildman–Crippen MR) is 120 cm³/mol. The second-order valence-corrected chi connectivity index (χ2v) is 7.97. The average Bonchev–Trinajstić information content (AvgIpc) is 3.10. The summed E-state index contributed by atoms with van der Waals surface area (Å²) >= 11 is 2.86. The number of thioether (sulfide) groups is 1. The van der Waals surface area contributed by atoms with Gasteiger partial charge in [-0.15, -0.1) is 29.5 Å².